The summed E-state index contributed by atoms with van der Waals surface area (Å²) in [6.07, 6.45) is 1.91. The molecular formula is C16H23ClN2O3. The first kappa shape index (κ1) is 16.9. The van der Waals surface area contributed by atoms with Crippen molar-refractivity contribution in [2.24, 2.45) is 5.92 Å². The number of benzene rings is 1. The zero-order valence-electron chi connectivity index (χ0n) is 12.8. The third-order valence-electron chi connectivity index (χ3n) is 3.82. The number of urea groups is 1. The Morgan fingerprint density at radius 2 is 2.36 bits per heavy atom. The number of likely N-dealkylation sites (tertiary alicyclic amines) is 1. The molecule has 1 aromatic carbocycles. The molecule has 1 heterocycles. The molecule has 1 aromatic rings. The average Bonchev–Trinajstić information content (AvgIpc) is 2.54. The van der Waals surface area contributed by atoms with Crippen molar-refractivity contribution in [1.29, 1.82) is 0 Å². The number of aliphatic hydroxyl groups is 1. The predicted molar refractivity (Wildman–Crippen MR) is 86.2 cm³/mol. The quantitative estimate of drug-likeness (QED) is 0.874. The van der Waals surface area contributed by atoms with Gasteiger partial charge >= 0.3 is 6.03 Å². The maximum Gasteiger partial charge on any atom is 0.317 e. The summed E-state index contributed by atoms with van der Waals surface area (Å²) in [5, 5.41) is 12.8. The number of piperidine rings is 1. The number of amides is 2. The normalized spacial score (nSPS) is 18.1. The number of aliphatic hydroxyl groups excluding tert-OH is 1. The van der Waals surface area contributed by atoms with Crippen LogP contribution in [0.3, 0.4) is 0 Å². The number of halogens is 1. The van der Waals surface area contributed by atoms with Gasteiger partial charge < -0.3 is 20.1 Å². The molecule has 0 aliphatic carbocycles. The summed E-state index contributed by atoms with van der Waals surface area (Å²) >= 11 is 5.97. The first-order valence-corrected chi connectivity index (χ1v) is 8.06. The Balaban J connectivity index is 1.93. The summed E-state index contributed by atoms with van der Waals surface area (Å²) in [5.74, 6) is 0.885. The first-order valence-electron chi connectivity index (χ1n) is 7.69. The fraction of sp³-hybridized carbons (Fsp3) is 0.562. The molecule has 1 saturated heterocycles. The monoisotopic (exact) mass is 326 g/mol. The van der Waals surface area contributed by atoms with E-state index in [1.54, 1.807) is 17.0 Å². The van der Waals surface area contributed by atoms with Gasteiger partial charge in [0.2, 0.25) is 0 Å². The van der Waals surface area contributed by atoms with Crippen molar-refractivity contribution in [1.82, 2.24) is 10.2 Å². The standard InChI is InChI=1S/C16H23ClN2O3/c1-2-22-15-8-14(17)6-5-13(15)9-18-16(21)19-7-3-4-12(10-19)11-20/h5-6,8,12,20H,2-4,7,9-11H2,1H3,(H,18,21)/t12-/m0/s1. The molecule has 0 radical (unpaired) electrons. The highest BCUT2D eigenvalue weighted by Crippen LogP contribution is 2.23. The molecule has 1 aliphatic rings. The highest BCUT2D eigenvalue weighted by atomic mass is 35.5. The molecule has 122 valence electrons. The molecule has 0 aromatic heterocycles. The number of ether oxygens (including phenoxy) is 1. The lowest BCUT2D eigenvalue weighted by Crippen LogP contribution is -2.45. The number of carbonyl (C=O) groups is 1. The van der Waals surface area contributed by atoms with E-state index in [1.165, 1.54) is 0 Å². The third-order valence-corrected chi connectivity index (χ3v) is 4.06. The molecule has 0 bridgehead atoms. The summed E-state index contributed by atoms with van der Waals surface area (Å²) < 4.78 is 5.55. The Bertz CT molecular complexity index is 510. The van der Waals surface area contributed by atoms with Crippen LogP contribution in [-0.2, 0) is 6.54 Å². The second-order valence-corrected chi connectivity index (χ2v) is 5.92. The molecular weight excluding hydrogens is 304 g/mol. The van der Waals surface area contributed by atoms with E-state index < -0.39 is 0 Å². The Hall–Kier alpha value is -1.46. The van der Waals surface area contributed by atoms with Gasteiger partial charge in [-0.15, -0.1) is 0 Å². The smallest absolute Gasteiger partial charge is 0.317 e. The van der Waals surface area contributed by atoms with Crippen LogP contribution < -0.4 is 10.1 Å². The van der Waals surface area contributed by atoms with Gasteiger partial charge in [0.25, 0.3) is 0 Å². The van der Waals surface area contributed by atoms with Crippen LogP contribution in [0.5, 0.6) is 5.75 Å². The van der Waals surface area contributed by atoms with Crippen molar-refractivity contribution in [3.63, 3.8) is 0 Å². The van der Waals surface area contributed by atoms with E-state index in [4.69, 9.17) is 16.3 Å². The van der Waals surface area contributed by atoms with Gasteiger partial charge in [-0.25, -0.2) is 4.79 Å². The van der Waals surface area contributed by atoms with E-state index in [9.17, 15) is 9.90 Å². The molecule has 0 unspecified atom stereocenters. The second kappa shape index (κ2) is 8.25. The van der Waals surface area contributed by atoms with Crippen molar-refractivity contribution < 1.29 is 14.6 Å². The lowest BCUT2D eigenvalue weighted by atomic mass is 9.99. The Morgan fingerprint density at radius 1 is 1.55 bits per heavy atom. The maximum absolute atomic E-state index is 12.2. The zero-order chi connectivity index (χ0) is 15.9. The van der Waals surface area contributed by atoms with Gasteiger partial charge in [0, 0.05) is 36.8 Å². The van der Waals surface area contributed by atoms with Gasteiger partial charge in [-0.3, -0.25) is 0 Å². The van der Waals surface area contributed by atoms with Gasteiger partial charge in [0.15, 0.2) is 0 Å². The van der Waals surface area contributed by atoms with Crippen LogP contribution in [0.4, 0.5) is 4.79 Å². The van der Waals surface area contributed by atoms with Gasteiger partial charge in [-0.05, 0) is 37.8 Å². The van der Waals surface area contributed by atoms with E-state index in [0.29, 0.717) is 30.5 Å². The first-order chi connectivity index (χ1) is 10.6. The molecule has 1 aliphatic heterocycles. The summed E-state index contributed by atoms with van der Waals surface area (Å²) in [6, 6.07) is 5.31. The summed E-state index contributed by atoms with van der Waals surface area (Å²) in [6.45, 7) is 4.33. The number of hydrogen-bond donors (Lipinski definition) is 2. The predicted octanol–water partition coefficient (Wildman–Crippen LogP) is 2.65. The van der Waals surface area contributed by atoms with Crippen LogP contribution >= 0.6 is 11.6 Å². The van der Waals surface area contributed by atoms with Crippen LogP contribution in [0.2, 0.25) is 5.02 Å². The Kier molecular flexibility index (Phi) is 6.34. The van der Waals surface area contributed by atoms with Gasteiger partial charge in [-0.1, -0.05) is 17.7 Å². The van der Waals surface area contributed by atoms with Crippen molar-refractivity contribution in [3.05, 3.63) is 28.8 Å². The summed E-state index contributed by atoms with van der Waals surface area (Å²) in [4.78, 5) is 14.0. The van der Waals surface area contributed by atoms with Crippen molar-refractivity contribution in [2.75, 3.05) is 26.3 Å². The topological polar surface area (TPSA) is 61.8 Å². The second-order valence-electron chi connectivity index (χ2n) is 5.48. The number of carbonyl (C=O) groups excluding carboxylic acids is 1. The van der Waals surface area contributed by atoms with Crippen molar-refractivity contribution >= 4 is 17.6 Å². The third kappa shape index (κ3) is 4.52. The molecule has 2 N–H and O–H groups in total. The molecule has 0 spiro atoms. The van der Waals surface area contributed by atoms with E-state index in [0.717, 1.165) is 24.9 Å². The largest absolute Gasteiger partial charge is 0.493 e. The number of rotatable bonds is 5. The lowest BCUT2D eigenvalue weighted by Gasteiger charge is -2.31. The minimum absolute atomic E-state index is 0.101. The van der Waals surface area contributed by atoms with Gasteiger partial charge in [0.05, 0.1) is 6.61 Å². The van der Waals surface area contributed by atoms with Crippen LogP contribution in [0, 0.1) is 5.92 Å². The van der Waals surface area contributed by atoms with Crippen LogP contribution in [0.1, 0.15) is 25.3 Å². The molecule has 6 heteroatoms. The Labute approximate surface area is 136 Å². The maximum atomic E-state index is 12.2. The number of hydrogen-bond acceptors (Lipinski definition) is 3. The van der Waals surface area contributed by atoms with Crippen LogP contribution in [0.25, 0.3) is 0 Å². The minimum atomic E-state index is -0.101. The van der Waals surface area contributed by atoms with Crippen molar-refractivity contribution in [2.45, 2.75) is 26.3 Å². The molecule has 5 nitrogen and oxygen atoms in total. The highest BCUT2D eigenvalue weighted by Gasteiger charge is 2.23. The number of nitrogens with one attached hydrogen (secondary N) is 1. The van der Waals surface area contributed by atoms with Crippen LogP contribution in [0.15, 0.2) is 18.2 Å². The molecule has 22 heavy (non-hydrogen) atoms. The molecule has 1 atom stereocenters. The molecule has 2 amide bonds. The molecule has 1 fully saturated rings. The lowest BCUT2D eigenvalue weighted by molar-refractivity contribution is 0.129. The van der Waals surface area contributed by atoms with Crippen LogP contribution in [-0.4, -0.2) is 42.3 Å². The summed E-state index contributed by atoms with van der Waals surface area (Å²) in [7, 11) is 0. The number of nitrogens with zero attached hydrogens (tertiary/aromatic N) is 1. The summed E-state index contributed by atoms with van der Waals surface area (Å²) in [5.41, 5.74) is 0.898. The fourth-order valence-electron chi connectivity index (χ4n) is 2.65. The SMILES string of the molecule is CCOc1cc(Cl)ccc1CNC(=O)N1CCC[C@H](CO)C1. The van der Waals surface area contributed by atoms with E-state index in [1.807, 2.05) is 13.0 Å². The van der Waals surface area contributed by atoms with E-state index in [2.05, 4.69) is 5.32 Å². The highest BCUT2D eigenvalue weighted by molar-refractivity contribution is 6.30. The minimum Gasteiger partial charge on any atom is -0.493 e. The fourth-order valence-corrected chi connectivity index (χ4v) is 2.81. The zero-order valence-corrected chi connectivity index (χ0v) is 13.6. The average molecular weight is 327 g/mol. The Morgan fingerprint density at radius 3 is 3.09 bits per heavy atom. The molecule has 0 saturated carbocycles. The molecule has 2 rings (SSSR count). The van der Waals surface area contributed by atoms with Crippen molar-refractivity contribution in [3.8, 4) is 5.75 Å². The van der Waals surface area contributed by atoms with Gasteiger partial charge in [-0.2, -0.15) is 0 Å². The van der Waals surface area contributed by atoms with E-state index >= 15 is 0 Å². The van der Waals surface area contributed by atoms with E-state index in [-0.39, 0.29) is 18.6 Å². The van der Waals surface area contributed by atoms with Gasteiger partial charge in [0.1, 0.15) is 5.75 Å².